The van der Waals surface area contributed by atoms with Gasteiger partial charge < -0.3 is 9.47 Å². The van der Waals surface area contributed by atoms with Gasteiger partial charge in [-0.2, -0.15) is 0 Å². The number of carbonyl (C=O) groups excluding carboxylic acids is 1. The first-order valence-electron chi connectivity index (χ1n) is 9.74. The molecule has 0 saturated carbocycles. The Labute approximate surface area is 161 Å². The second-order valence-corrected chi connectivity index (χ2v) is 7.62. The first-order valence-corrected chi connectivity index (χ1v) is 9.74. The van der Waals surface area contributed by atoms with E-state index in [1.54, 1.807) is 0 Å². The van der Waals surface area contributed by atoms with Crippen LogP contribution in [0.15, 0.2) is 60.7 Å². The Morgan fingerprint density at radius 2 is 1.59 bits per heavy atom. The van der Waals surface area contributed by atoms with E-state index in [4.69, 9.17) is 9.47 Å². The van der Waals surface area contributed by atoms with Gasteiger partial charge in [-0.25, -0.2) is 0 Å². The van der Waals surface area contributed by atoms with Crippen molar-refractivity contribution in [3.63, 3.8) is 0 Å². The van der Waals surface area contributed by atoms with Gasteiger partial charge in [0.2, 0.25) is 0 Å². The molecule has 2 aromatic rings. The quantitative estimate of drug-likeness (QED) is 0.755. The first kappa shape index (κ1) is 18.2. The molecule has 0 radical (unpaired) electrons. The molecule has 2 heterocycles. The highest BCUT2D eigenvalue weighted by atomic mass is 16.5. The summed E-state index contributed by atoms with van der Waals surface area (Å²) in [6, 6.07) is 21.2. The van der Waals surface area contributed by atoms with Crippen LogP contribution in [0.1, 0.15) is 36.5 Å². The smallest absolute Gasteiger partial charge is 0.312 e. The number of carbonyl (C=O) groups is 1. The number of hydrogen-bond donors (Lipinski definition) is 0. The number of rotatable bonds is 5. The number of nitrogens with zero attached hydrogens (tertiary/aromatic N) is 1. The zero-order chi connectivity index (χ0) is 18.8. The Balaban J connectivity index is 1.66. The highest BCUT2D eigenvalue weighted by molar-refractivity contribution is 5.74. The molecule has 2 aliphatic rings. The molecule has 0 N–H and O–H groups in total. The summed E-state index contributed by atoms with van der Waals surface area (Å²) in [5.74, 6) is -0.397. The van der Waals surface area contributed by atoms with E-state index < -0.39 is 0 Å². The largest absolute Gasteiger partial charge is 0.469 e. The molecule has 4 nitrogen and oxygen atoms in total. The lowest BCUT2D eigenvalue weighted by Gasteiger charge is -2.42. The zero-order valence-corrected chi connectivity index (χ0v) is 16.0. The summed E-state index contributed by atoms with van der Waals surface area (Å²) >= 11 is 0. The fraction of sp³-hybridized carbons (Fsp3) is 0.435. The van der Waals surface area contributed by atoms with Gasteiger partial charge in [0.15, 0.2) is 0 Å². The number of hydrogen-bond acceptors (Lipinski definition) is 4. The average molecular weight is 365 g/mol. The van der Waals surface area contributed by atoms with Gasteiger partial charge in [-0.05, 0) is 37.4 Å². The van der Waals surface area contributed by atoms with Crippen molar-refractivity contribution in [2.24, 2.45) is 5.92 Å². The van der Waals surface area contributed by atoms with E-state index in [-0.39, 0.29) is 30.1 Å². The number of benzene rings is 2. The highest BCUT2D eigenvalue weighted by Gasteiger charge is 2.50. The molecule has 2 bridgehead atoms. The molecular formula is C23H27NO3. The van der Waals surface area contributed by atoms with Crippen LogP contribution in [0.2, 0.25) is 0 Å². The maximum Gasteiger partial charge on any atom is 0.312 e. The summed E-state index contributed by atoms with van der Waals surface area (Å²) < 4.78 is 11.9. The van der Waals surface area contributed by atoms with Gasteiger partial charge >= 0.3 is 5.97 Å². The molecule has 4 heteroatoms. The summed E-state index contributed by atoms with van der Waals surface area (Å²) in [7, 11) is 3.60. The van der Waals surface area contributed by atoms with Crippen molar-refractivity contribution in [1.29, 1.82) is 0 Å². The maximum absolute atomic E-state index is 12.6. The minimum atomic E-state index is -0.242. The third kappa shape index (κ3) is 3.52. The molecule has 1 unspecified atom stereocenters. The van der Waals surface area contributed by atoms with Crippen LogP contribution in [0.3, 0.4) is 0 Å². The van der Waals surface area contributed by atoms with E-state index in [9.17, 15) is 4.79 Å². The van der Waals surface area contributed by atoms with Gasteiger partial charge in [-0.3, -0.25) is 9.69 Å². The van der Waals surface area contributed by atoms with Crippen LogP contribution in [0.4, 0.5) is 0 Å². The SMILES string of the molecule is COC(=O)[C@H]1[C@H](OC(c2ccccc2)c2ccccc2)CC2CC[C@@H]1N2C. The van der Waals surface area contributed by atoms with Gasteiger partial charge in [0.25, 0.3) is 0 Å². The van der Waals surface area contributed by atoms with E-state index in [2.05, 4.69) is 36.2 Å². The molecule has 27 heavy (non-hydrogen) atoms. The van der Waals surface area contributed by atoms with E-state index in [0.29, 0.717) is 6.04 Å². The van der Waals surface area contributed by atoms with Crippen LogP contribution in [-0.2, 0) is 14.3 Å². The predicted molar refractivity (Wildman–Crippen MR) is 104 cm³/mol. The Morgan fingerprint density at radius 3 is 2.15 bits per heavy atom. The van der Waals surface area contributed by atoms with E-state index in [0.717, 1.165) is 30.4 Å². The lowest BCUT2D eigenvalue weighted by Crippen LogP contribution is -2.53. The summed E-state index contributed by atoms with van der Waals surface area (Å²) in [6.07, 6.45) is 2.69. The number of piperidine rings is 1. The number of methoxy groups -OCH3 is 1. The topological polar surface area (TPSA) is 38.8 Å². The second-order valence-electron chi connectivity index (χ2n) is 7.62. The standard InChI is InChI=1S/C23H27NO3/c1-24-18-13-14-19(24)21(23(25)26-2)20(15-18)27-22(16-9-5-3-6-10-16)17-11-7-4-8-12-17/h3-12,18-22H,13-15H2,1-2H3/t18?,19-,20+,21+/m0/s1. The van der Waals surface area contributed by atoms with Crippen LogP contribution in [-0.4, -0.2) is 43.2 Å². The number of esters is 1. The lowest BCUT2D eigenvalue weighted by atomic mass is 9.87. The molecule has 0 spiro atoms. The molecule has 142 valence electrons. The van der Waals surface area contributed by atoms with Crippen molar-refractivity contribution >= 4 is 5.97 Å². The fourth-order valence-corrected chi connectivity index (χ4v) is 4.79. The Morgan fingerprint density at radius 1 is 1.00 bits per heavy atom. The van der Waals surface area contributed by atoms with Gasteiger partial charge in [0.1, 0.15) is 6.10 Å². The second kappa shape index (κ2) is 7.83. The van der Waals surface area contributed by atoms with E-state index in [1.165, 1.54) is 7.11 Å². The number of fused-ring (bicyclic) bond motifs is 2. The van der Waals surface area contributed by atoms with Gasteiger partial charge in [-0.15, -0.1) is 0 Å². The van der Waals surface area contributed by atoms with Crippen molar-refractivity contribution < 1.29 is 14.3 Å². The minimum absolute atomic E-state index is 0.142. The van der Waals surface area contributed by atoms with Crippen molar-refractivity contribution in [3.8, 4) is 0 Å². The van der Waals surface area contributed by atoms with E-state index in [1.807, 2.05) is 36.4 Å². The summed E-state index contributed by atoms with van der Waals surface area (Å²) in [4.78, 5) is 15.0. The zero-order valence-electron chi connectivity index (χ0n) is 16.0. The Hall–Kier alpha value is -2.17. The van der Waals surface area contributed by atoms with Crippen molar-refractivity contribution in [1.82, 2.24) is 4.90 Å². The van der Waals surface area contributed by atoms with Crippen LogP contribution in [0, 0.1) is 5.92 Å². The van der Waals surface area contributed by atoms with Crippen LogP contribution >= 0.6 is 0 Å². The fourth-order valence-electron chi connectivity index (χ4n) is 4.79. The maximum atomic E-state index is 12.6. The molecule has 4 rings (SSSR count). The van der Waals surface area contributed by atoms with Gasteiger partial charge in [0.05, 0.1) is 19.1 Å². The molecule has 2 aromatic carbocycles. The normalized spacial score (nSPS) is 27.7. The van der Waals surface area contributed by atoms with E-state index >= 15 is 0 Å². The van der Waals surface area contributed by atoms with Crippen molar-refractivity contribution in [2.75, 3.05) is 14.2 Å². The molecular weight excluding hydrogens is 338 g/mol. The number of ether oxygens (including phenoxy) is 2. The molecule has 0 aliphatic carbocycles. The first-order chi connectivity index (χ1) is 13.2. The predicted octanol–water partition coefficient (Wildman–Crippen LogP) is 3.82. The highest BCUT2D eigenvalue weighted by Crippen LogP contribution is 2.42. The van der Waals surface area contributed by atoms with Crippen LogP contribution in [0.5, 0.6) is 0 Å². The summed E-state index contributed by atoms with van der Waals surface area (Å²) in [6.45, 7) is 0. The Bertz CT molecular complexity index is 724. The van der Waals surface area contributed by atoms with Crippen LogP contribution in [0.25, 0.3) is 0 Å². The molecule has 2 fully saturated rings. The monoisotopic (exact) mass is 365 g/mol. The Kier molecular flexibility index (Phi) is 5.28. The molecule has 0 aromatic heterocycles. The van der Waals surface area contributed by atoms with Gasteiger partial charge in [0, 0.05) is 12.1 Å². The van der Waals surface area contributed by atoms with Crippen molar-refractivity contribution in [2.45, 2.75) is 43.6 Å². The third-order valence-electron chi connectivity index (χ3n) is 6.20. The minimum Gasteiger partial charge on any atom is -0.469 e. The average Bonchev–Trinajstić information content (AvgIpc) is 2.96. The van der Waals surface area contributed by atoms with Crippen molar-refractivity contribution in [3.05, 3.63) is 71.8 Å². The van der Waals surface area contributed by atoms with Crippen LogP contribution < -0.4 is 0 Å². The molecule has 2 aliphatic heterocycles. The molecule has 4 atom stereocenters. The lowest BCUT2D eigenvalue weighted by molar-refractivity contribution is -0.162. The third-order valence-corrected chi connectivity index (χ3v) is 6.20. The van der Waals surface area contributed by atoms with Gasteiger partial charge in [-0.1, -0.05) is 60.7 Å². The summed E-state index contributed by atoms with van der Waals surface area (Å²) in [5.41, 5.74) is 2.22. The molecule has 2 saturated heterocycles. The summed E-state index contributed by atoms with van der Waals surface area (Å²) in [5, 5.41) is 0. The molecule has 0 amide bonds.